The maximum absolute atomic E-state index is 12.8. The molecule has 1 aromatic rings. The number of halogens is 4. The lowest BCUT2D eigenvalue weighted by Gasteiger charge is -2.21. The van der Waals surface area contributed by atoms with Crippen molar-refractivity contribution in [1.82, 2.24) is 0 Å². The smallest absolute Gasteiger partial charge is 0.166 e. The van der Waals surface area contributed by atoms with Crippen LogP contribution >= 0.6 is 12.4 Å². The fourth-order valence-electron chi connectivity index (χ4n) is 3.24. The summed E-state index contributed by atoms with van der Waals surface area (Å²) in [7, 11) is 0. The van der Waals surface area contributed by atoms with Crippen LogP contribution in [-0.2, 0) is 12.6 Å². The van der Waals surface area contributed by atoms with Crippen molar-refractivity contribution < 1.29 is 13.2 Å². The van der Waals surface area contributed by atoms with Gasteiger partial charge < -0.3 is 0 Å². The van der Waals surface area contributed by atoms with E-state index in [1.807, 2.05) is 0 Å². The Morgan fingerprint density at radius 3 is 2.29 bits per heavy atom. The summed E-state index contributed by atoms with van der Waals surface area (Å²) in [5, 5.41) is 0. The predicted molar refractivity (Wildman–Crippen MR) is 82.8 cm³/mol. The second kappa shape index (κ2) is 8.67. The number of hydrogen-bond acceptors (Lipinski definition) is 0. The molecule has 0 radical (unpaired) electrons. The molecule has 0 saturated heterocycles. The number of rotatable bonds is 5. The highest BCUT2D eigenvalue weighted by Crippen LogP contribution is 2.33. The van der Waals surface area contributed by atoms with E-state index < -0.39 is 11.7 Å². The van der Waals surface area contributed by atoms with Gasteiger partial charge in [0.25, 0.3) is 0 Å². The number of unbranched alkanes of at least 4 members (excludes halogenated alkanes) is 1. The van der Waals surface area contributed by atoms with E-state index in [1.165, 1.54) is 50.7 Å². The van der Waals surface area contributed by atoms with Crippen molar-refractivity contribution in [3.05, 3.63) is 35.4 Å². The average molecular weight is 321 g/mol. The highest BCUT2D eigenvalue weighted by atomic mass is 35.5. The third-order valence-electron chi connectivity index (χ3n) is 4.36. The van der Waals surface area contributed by atoms with Gasteiger partial charge in [-0.2, -0.15) is 13.2 Å². The van der Waals surface area contributed by atoms with Crippen molar-refractivity contribution in [2.75, 3.05) is 0 Å². The Hall–Kier alpha value is -0.700. The molecule has 0 spiro atoms. The summed E-state index contributed by atoms with van der Waals surface area (Å²) in [6, 6.07) is 5.97. The minimum atomic E-state index is -4.22. The van der Waals surface area contributed by atoms with Crippen LogP contribution < -0.4 is 0 Å². The van der Waals surface area contributed by atoms with Gasteiger partial charge in [-0.05, 0) is 30.4 Å². The topological polar surface area (TPSA) is 0 Å². The maximum atomic E-state index is 12.8. The maximum Gasteiger partial charge on any atom is 0.416 e. The molecule has 4 heteroatoms. The molecule has 0 aromatic heterocycles. The van der Waals surface area contributed by atoms with Crippen LogP contribution in [0.1, 0.15) is 62.5 Å². The minimum absolute atomic E-state index is 0. The monoisotopic (exact) mass is 320 g/mol. The molecule has 0 aliphatic heterocycles. The van der Waals surface area contributed by atoms with E-state index in [9.17, 15) is 13.2 Å². The van der Waals surface area contributed by atoms with Crippen molar-refractivity contribution in [2.45, 2.75) is 64.0 Å². The van der Waals surface area contributed by atoms with Gasteiger partial charge >= 0.3 is 6.18 Å². The number of aryl methyl sites for hydroxylation is 1. The highest BCUT2D eigenvalue weighted by molar-refractivity contribution is 5.85. The average Bonchev–Trinajstić information content (AvgIpc) is 2.44. The second-order valence-electron chi connectivity index (χ2n) is 5.90. The highest BCUT2D eigenvalue weighted by Gasteiger charge is 2.32. The van der Waals surface area contributed by atoms with E-state index in [0.717, 1.165) is 18.8 Å². The molecule has 0 heterocycles. The minimum Gasteiger partial charge on any atom is -0.166 e. The zero-order valence-electron chi connectivity index (χ0n) is 12.3. The molecule has 0 unspecified atom stereocenters. The van der Waals surface area contributed by atoms with Crippen molar-refractivity contribution >= 4 is 12.4 Å². The van der Waals surface area contributed by atoms with Crippen LogP contribution in [0.15, 0.2) is 24.3 Å². The van der Waals surface area contributed by atoms with Crippen LogP contribution in [-0.4, -0.2) is 0 Å². The van der Waals surface area contributed by atoms with Gasteiger partial charge in [-0.1, -0.05) is 63.1 Å². The Kier molecular flexibility index (Phi) is 7.58. The van der Waals surface area contributed by atoms with Gasteiger partial charge in [0, 0.05) is 0 Å². The summed E-state index contributed by atoms with van der Waals surface area (Å²) in [6.45, 7) is 0. The standard InChI is InChI=1S/C17H23F3.ClH/c18-17(19,20)16-13-7-6-12-15(16)11-5-4-10-14-8-2-1-3-9-14;/h6-7,12-14H,1-5,8-11H2;1H. The summed E-state index contributed by atoms with van der Waals surface area (Å²) in [5.74, 6) is 0.821. The largest absolute Gasteiger partial charge is 0.416 e. The normalized spacial score (nSPS) is 16.5. The lowest BCUT2D eigenvalue weighted by Crippen LogP contribution is -2.09. The molecule has 120 valence electrons. The van der Waals surface area contributed by atoms with Crippen LogP contribution in [0.3, 0.4) is 0 Å². The van der Waals surface area contributed by atoms with Crippen LogP contribution in [0.4, 0.5) is 13.2 Å². The molecule has 1 fully saturated rings. The van der Waals surface area contributed by atoms with Crippen molar-refractivity contribution in [3.63, 3.8) is 0 Å². The third-order valence-corrected chi connectivity index (χ3v) is 4.36. The third kappa shape index (κ3) is 5.90. The predicted octanol–water partition coefficient (Wildman–Crippen LogP) is 6.42. The van der Waals surface area contributed by atoms with Gasteiger partial charge in [0.1, 0.15) is 0 Å². The van der Waals surface area contributed by atoms with Crippen molar-refractivity contribution in [3.8, 4) is 0 Å². The van der Waals surface area contributed by atoms with Crippen molar-refractivity contribution in [1.29, 1.82) is 0 Å². The van der Waals surface area contributed by atoms with Gasteiger partial charge in [-0.15, -0.1) is 12.4 Å². The van der Waals surface area contributed by atoms with E-state index in [-0.39, 0.29) is 12.4 Å². The Balaban J connectivity index is 0.00000220. The Bertz CT molecular complexity index is 409. The summed E-state index contributed by atoms with van der Waals surface area (Å²) in [4.78, 5) is 0. The first-order chi connectivity index (χ1) is 9.57. The Morgan fingerprint density at radius 2 is 1.62 bits per heavy atom. The van der Waals surface area contributed by atoms with Gasteiger partial charge in [0.05, 0.1) is 5.56 Å². The Labute approximate surface area is 131 Å². The van der Waals surface area contributed by atoms with Crippen LogP contribution in [0, 0.1) is 5.92 Å². The molecule has 1 saturated carbocycles. The summed E-state index contributed by atoms with van der Waals surface area (Å²) in [5.41, 5.74) is -0.0127. The van der Waals surface area contributed by atoms with E-state index in [4.69, 9.17) is 0 Å². The van der Waals surface area contributed by atoms with E-state index in [2.05, 4.69) is 0 Å². The molecule has 0 bridgehead atoms. The first kappa shape index (κ1) is 18.3. The van der Waals surface area contributed by atoms with Gasteiger partial charge in [-0.25, -0.2) is 0 Å². The lowest BCUT2D eigenvalue weighted by molar-refractivity contribution is -0.138. The number of alkyl halides is 3. The summed E-state index contributed by atoms with van der Waals surface area (Å²) >= 11 is 0. The quantitative estimate of drug-likeness (QED) is 0.549. The molecule has 2 rings (SSSR count). The molecule has 1 aliphatic rings. The number of benzene rings is 1. The molecule has 1 aliphatic carbocycles. The van der Waals surface area contributed by atoms with Gasteiger partial charge in [0.2, 0.25) is 0 Å². The summed E-state index contributed by atoms with van der Waals surface area (Å²) in [6.07, 6.45) is 6.09. The number of hydrogen-bond donors (Lipinski definition) is 0. The van der Waals surface area contributed by atoms with E-state index in [0.29, 0.717) is 12.0 Å². The first-order valence-corrected chi connectivity index (χ1v) is 7.72. The first-order valence-electron chi connectivity index (χ1n) is 7.72. The summed E-state index contributed by atoms with van der Waals surface area (Å²) < 4.78 is 38.5. The zero-order valence-corrected chi connectivity index (χ0v) is 13.1. The van der Waals surface area contributed by atoms with Crippen LogP contribution in [0.5, 0.6) is 0 Å². The molecule has 21 heavy (non-hydrogen) atoms. The lowest BCUT2D eigenvalue weighted by atomic mass is 9.85. The molecular weight excluding hydrogens is 297 g/mol. The molecule has 0 atom stereocenters. The molecule has 0 N–H and O–H groups in total. The van der Waals surface area contributed by atoms with E-state index >= 15 is 0 Å². The molecular formula is C17H24ClF3. The fourth-order valence-corrected chi connectivity index (χ4v) is 3.24. The fraction of sp³-hybridized carbons (Fsp3) is 0.647. The van der Waals surface area contributed by atoms with Crippen molar-refractivity contribution in [2.24, 2.45) is 5.92 Å². The van der Waals surface area contributed by atoms with Gasteiger partial charge in [-0.3, -0.25) is 0 Å². The molecule has 1 aromatic carbocycles. The molecule has 0 amide bonds. The van der Waals surface area contributed by atoms with Crippen LogP contribution in [0.25, 0.3) is 0 Å². The Morgan fingerprint density at radius 1 is 0.952 bits per heavy atom. The zero-order chi connectivity index (χ0) is 14.4. The SMILES string of the molecule is Cl.FC(F)(F)c1ccccc1CCCCC1CCCCC1. The van der Waals surface area contributed by atoms with Crippen LogP contribution in [0.2, 0.25) is 0 Å². The van der Waals surface area contributed by atoms with E-state index in [1.54, 1.807) is 12.1 Å². The van der Waals surface area contributed by atoms with Gasteiger partial charge in [0.15, 0.2) is 0 Å². The molecule has 0 nitrogen and oxygen atoms in total. The second-order valence-corrected chi connectivity index (χ2v) is 5.90.